The molecular formula is C13H12N4. The Kier molecular flexibility index (Phi) is 2.08. The number of benzene rings is 1. The predicted octanol–water partition coefficient (Wildman–Crippen LogP) is 2.52. The Morgan fingerprint density at radius 1 is 1.18 bits per heavy atom. The number of rotatable bonds is 1. The lowest BCUT2D eigenvalue weighted by Crippen LogP contribution is -1.96. The third kappa shape index (κ3) is 1.63. The number of aromatic nitrogens is 3. The molecule has 2 aromatic heterocycles. The van der Waals surface area contributed by atoms with E-state index in [-0.39, 0.29) is 0 Å². The standard InChI is InChI=1S/C13H12N4/c1-8-16-12(6-13(14)17-8)10-7-15-11-5-3-2-4-9(10)11/h2-7,15H,1H3,(H2,14,16,17). The van der Waals surface area contributed by atoms with Crippen LogP contribution in [-0.2, 0) is 0 Å². The predicted molar refractivity (Wildman–Crippen MR) is 68.5 cm³/mol. The number of aromatic amines is 1. The van der Waals surface area contributed by atoms with E-state index < -0.39 is 0 Å². The van der Waals surface area contributed by atoms with Crippen molar-refractivity contribution in [2.45, 2.75) is 6.92 Å². The van der Waals surface area contributed by atoms with Crippen LogP contribution >= 0.6 is 0 Å². The molecule has 0 saturated carbocycles. The van der Waals surface area contributed by atoms with Crippen molar-refractivity contribution in [2.75, 3.05) is 5.73 Å². The molecule has 1 aromatic carbocycles. The van der Waals surface area contributed by atoms with Gasteiger partial charge in [-0.15, -0.1) is 0 Å². The molecule has 0 atom stereocenters. The summed E-state index contributed by atoms with van der Waals surface area (Å²) in [5.74, 6) is 1.18. The van der Waals surface area contributed by atoms with Gasteiger partial charge in [0.05, 0.1) is 5.69 Å². The first-order valence-corrected chi connectivity index (χ1v) is 5.42. The summed E-state index contributed by atoms with van der Waals surface area (Å²) >= 11 is 0. The van der Waals surface area contributed by atoms with E-state index in [1.807, 2.05) is 31.3 Å². The van der Waals surface area contributed by atoms with Crippen LogP contribution in [0.25, 0.3) is 22.2 Å². The van der Waals surface area contributed by atoms with E-state index in [1.54, 1.807) is 6.07 Å². The first-order valence-electron chi connectivity index (χ1n) is 5.42. The first-order chi connectivity index (χ1) is 8.24. The smallest absolute Gasteiger partial charge is 0.128 e. The quantitative estimate of drug-likeness (QED) is 0.667. The van der Waals surface area contributed by atoms with Crippen LogP contribution in [0.2, 0.25) is 0 Å². The average molecular weight is 224 g/mol. The molecule has 4 nitrogen and oxygen atoms in total. The van der Waals surface area contributed by atoms with Gasteiger partial charge in [-0.05, 0) is 13.0 Å². The zero-order valence-corrected chi connectivity index (χ0v) is 9.44. The van der Waals surface area contributed by atoms with Gasteiger partial charge in [0, 0.05) is 28.7 Å². The summed E-state index contributed by atoms with van der Waals surface area (Å²) in [6, 6.07) is 9.91. The van der Waals surface area contributed by atoms with Gasteiger partial charge in [-0.25, -0.2) is 9.97 Å². The maximum absolute atomic E-state index is 5.75. The summed E-state index contributed by atoms with van der Waals surface area (Å²) in [7, 11) is 0. The molecule has 4 heteroatoms. The highest BCUT2D eigenvalue weighted by molar-refractivity contribution is 5.94. The normalized spacial score (nSPS) is 10.9. The van der Waals surface area contributed by atoms with Crippen LogP contribution < -0.4 is 5.73 Å². The van der Waals surface area contributed by atoms with Gasteiger partial charge < -0.3 is 10.7 Å². The van der Waals surface area contributed by atoms with Crippen molar-refractivity contribution < 1.29 is 0 Å². The molecule has 2 heterocycles. The van der Waals surface area contributed by atoms with Gasteiger partial charge in [0.15, 0.2) is 0 Å². The van der Waals surface area contributed by atoms with E-state index in [9.17, 15) is 0 Å². The Morgan fingerprint density at radius 3 is 2.82 bits per heavy atom. The number of nitrogen functional groups attached to an aromatic ring is 1. The zero-order chi connectivity index (χ0) is 11.8. The summed E-state index contributed by atoms with van der Waals surface area (Å²) in [5, 5.41) is 1.14. The number of hydrogen-bond acceptors (Lipinski definition) is 3. The summed E-state index contributed by atoms with van der Waals surface area (Å²) in [5.41, 5.74) is 8.75. The SMILES string of the molecule is Cc1nc(N)cc(-c2c[nH]c3ccccc23)n1. The minimum Gasteiger partial charge on any atom is -0.384 e. The molecule has 0 unspecified atom stereocenters. The third-order valence-corrected chi connectivity index (χ3v) is 2.72. The molecule has 0 spiro atoms. The minimum atomic E-state index is 0.498. The van der Waals surface area contributed by atoms with Crippen LogP contribution in [-0.4, -0.2) is 15.0 Å². The molecule has 0 aliphatic rings. The van der Waals surface area contributed by atoms with Gasteiger partial charge in [-0.2, -0.15) is 0 Å². The second kappa shape index (κ2) is 3.59. The highest BCUT2D eigenvalue weighted by atomic mass is 14.9. The number of fused-ring (bicyclic) bond motifs is 1. The molecule has 0 bridgehead atoms. The summed E-state index contributed by atoms with van der Waals surface area (Å²) in [6.45, 7) is 1.84. The topological polar surface area (TPSA) is 67.6 Å². The van der Waals surface area contributed by atoms with E-state index in [1.165, 1.54) is 0 Å². The first kappa shape index (κ1) is 9.84. The second-order valence-corrected chi connectivity index (χ2v) is 3.97. The van der Waals surface area contributed by atoms with Crippen LogP contribution in [0.4, 0.5) is 5.82 Å². The molecule has 0 fully saturated rings. The van der Waals surface area contributed by atoms with Gasteiger partial charge in [0.1, 0.15) is 11.6 Å². The highest BCUT2D eigenvalue weighted by Gasteiger charge is 2.08. The average Bonchev–Trinajstić information content (AvgIpc) is 2.71. The van der Waals surface area contributed by atoms with Crippen molar-refractivity contribution >= 4 is 16.7 Å². The van der Waals surface area contributed by atoms with Crippen LogP contribution in [0.5, 0.6) is 0 Å². The molecule has 3 rings (SSSR count). The number of nitrogens with one attached hydrogen (secondary N) is 1. The number of aryl methyl sites for hydroxylation is 1. The fraction of sp³-hybridized carbons (Fsp3) is 0.0769. The van der Waals surface area contributed by atoms with E-state index >= 15 is 0 Å². The number of nitrogens with zero attached hydrogens (tertiary/aromatic N) is 2. The van der Waals surface area contributed by atoms with Gasteiger partial charge in [0.2, 0.25) is 0 Å². The summed E-state index contributed by atoms with van der Waals surface area (Å²) in [4.78, 5) is 11.7. The minimum absolute atomic E-state index is 0.498. The molecule has 84 valence electrons. The van der Waals surface area contributed by atoms with Crippen LogP contribution in [0, 0.1) is 6.92 Å². The maximum Gasteiger partial charge on any atom is 0.128 e. The molecule has 3 N–H and O–H groups in total. The Bertz CT molecular complexity index is 664. The molecule has 0 aliphatic carbocycles. The van der Waals surface area contributed by atoms with Gasteiger partial charge in [0.25, 0.3) is 0 Å². The van der Waals surface area contributed by atoms with E-state index in [0.29, 0.717) is 11.6 Å². The lowest BCUT2D eigenvalue weighted by Gasteiger charge is -2.01. The molecule has 0 saturated heterocycles. The van der Waals surface area contributed by atoms with E-state index in [0.717, 1.165) is 22.2 Å². The Balaban J connectivity index is 2.27. The second-order valence-electron chi connectivity index (χ2n) is 3.97. The fourth-order valence-corrected chi connectivity index (χ4v) is 2.01. The number of nitrogens with two attached hydrogens (primary N) is 1. The van der Waals surface area contributed by atoms with Crippen LogP contribution in [0.1, 0.15) is 5.82 Å². The fourth-order valence-electron chi connectivity index (χ4n) is 2.01. The number of anilines is 1. The van der Waals surface area contributed by atoms with Crippen molar-refractivity contribution in [3.63, 3.8) is 0 Å². The lowest BCUT2D eigenvalue weighted by atomic mass is 10.1. The Hall–Kier alpha value is -2.36. The van der Waals surface area contributed by atoms with Gasteiger partial charge in [-0.1, -0.05) is 18.2 Å². The third-order valence-electron chi connectivity index (χ3n) is 2.72. The highest BCUT2D eigenvalue weighted by Crippen LogP contribution is 2.27. The maximum atomic E-state index is 5.75. The van der Waals surface area contributed by atoms with Crippen molar-refractivity contribution in [3.8, 4) is 11.3 Å². The Labute approximate surface area is 98.5 Å². The molecule has 0 radical (unpaired) electrons. The molecule has 0 aliphatic heterocycles. The molecule has 0 amide bonds. The lowest BCUT2D eigenvalue weighted by molar-refractivity contribution is 1.07. The molecule has 3 aromatic rings. The number of para-hydroxylation sites is 1. The number of hydrogen-bond donors (Lipinski definition) is 2. The van der Waals surface area contributed by atoms with Gasteiger partial charge >= 0.3 is 0 Å². The van der Waals surface area contributed by atoms with Crippen molar-refractivity contribution in [1.82, 2.24) is 15.0 Å². The largest absolute Gasteiger partial charge is 0.384 e. The molecular weight excluding hydrogens is 212 g/mol. The van der Waals surface area contributed by atoms with Crippen molar-refractivity contribution in [1.29, 1.82) is 0 Å². The van der Waals surface area contributed by atoms with Gasteiger partial charge in [-0.3, -0.25) is 0 Å². The van der Waals surface area contributed by atoms with Crippen molar-refractivity contribution in [2.24, 2.45) is 0 Å². The van der Waals surface area contributed by atoms with E-state index in [2.05, 4.69) is 21.0 Å². The van der Waals surface area contributed by atoms with Crippen LogP contribution in [0.3, 0.4) is 0 Å². The number of H-pyrrole nitrogens is 1. The van der Waals surface area contributed by atoms with Crippen LogP contribution in [0.15, 0.2) is 36.5 Å². The Morgan fingerprint density at radius 2 is 2.00 bits per heavy atom. The summed E-state index contributed by atoms with van der Waals surface area (Å²) in [6.07, 6.45) is 1.95. The molecule has 17 heavy (non-hydrogen) atoms. The zero-order valence-electron chi connectivity index (χ0n) is 9.44. The van der Waals surface area contributed by atoms with Crippen molar-refractivity contribution in [3.05, 3.63) is 42.4 Å². The monoisotopic (exact) mass is 224 g/mol. The summed E-state index contributed by atoms with van der Waals surface area (Å²) < 4.78 is 0. The van der Waals surface area contributed by atoms with E-state index in [4.69, 9.17) is 5.73 Å².